The van der Waals surface area contributed by atoms with Crippen LogP contribution in [0.1, 0.15) is 26.3 Å². The van der Waals surface area contributed by atoms with Gasteiger partial charge in [-0.1, -0.05) is 13.8 Å². The van der Waals surface area contributed by atoms with Crippen LogP contribution in [0.25, 0.3) is 0 Å². The van der Waals surface area contributed by atoms with Gasteiger partial charge in [-0.05, 0) is 31.0 Å². The van der Waals surface area contributed by atoms with Crippen molar-refractivity contribution in [3.63, 3.8) is 0 Å². The topological polar surface area (TPSA) is 75.6 Å². The molecule has 0 heterocycles. The third kappa shape index (κ3) is 4.49. The van der Waals surface area contributed by atoms with E-state index < -0.39 is 10.0 Å². The molecule has 19 heavy (non-hydrogen) atoms. The van der Waals surface area contributed by atoms with Crippen molar-refractivity contribution in [1.29, 1.82) is 0 Å². The summed E-state index contributed by atoms with van der Waals surface area (Å²) in [5, 5.41) is 9.26. The highest BCUT2D eigenvalue weighted by molar-refractivity contribution is 7.89. The summed E-state index contributed by atoms with van der Waals surface area (Å²) < 4.78 is 31.9. The number of ether oxygens (including phenoxy) is 1. The Bertz CT molecular complexity index is 511. The number of aliphatic hydroxyl groups is 1. The molecule has 0 bridgehead atoms. The molecule has 0 amide bonds. The predicted molar refractivity (Wildman–Crippen MR) is 73.6 cm³/mol. The maximum Gasteiger partial charge on any atom is 0.240 e. The summed E-state index contributed by atoms with van der Waals surface area (Å²) in [6, 6.07) is 4.49. The summed E-state index contributed by atoms with van der Waals surface area (Å²) in [7, 11) is -3.54. The highest BCUT2D eigenvalue weighted by Crippen LogP contribution is 2.22. The molecular weight excluding hydrogens is 266 g/mol. The van der Waals surface area contributed by atoms with E-state index >= 15 is 0 Å². The maximum atomic E-state index is 12.0. The molecule has 0 fully saturated rings. The zero-order chi connectivity index (χ0) is 14.5. The molecule has 0 atom stereocenters. The van der Waals surface area contributed by atoms with Gasteiger partial charge in [-0.2, -0.15) is 0 Å². The van der Waals surface area contributed by atoms with Crippen molar-refractivity contribution in [2.75, 3.05) is 13.2 Å². The number of benzene rings is 1. The Balaban J connectivity index is 3.01. The number of nitrogens with one attached hydrogen (secondary N) is 1. The quantitative estimate of drug-likeness (QED) is 0.797. The van der Waals surface area contributed by atoms with E-state index in [4.69, 9.17) is 4.74 Å². The van der Waals surface area contributed by atoms with Gasteiger partial charge in [0, 0.05) is 12.1 Å². The van der Waals surface area contributed by atoms with Crippen molar-refractivity contribution in [1.82, 2.24) is 4.72 Å². The number of aliphatic hydroxyl groups excluding tert-OH is 1. The molecule has 1 aromatic carbocycles. The monoisotopic (exact) mass is 287 g/mol. The number of rotatable bonds is 7. The van der Waals surface area contributed by atoms with E-state index in [0.29, 0.717) is 24.5 Å². The predicted octanol–water partition coefficient (Wildman–Crippen LogP) is 1.51. The van der Waals surface area contributed by atoms with Crippen LogP contribution in [0.15, 0.2) is 23.1 Å². The second-order valence-electron chi connectivity index (χ2n) is 4.61. The van der Waals surface area contributed by atoms with Gasteiger partial charge in [0.25, 0.3) is 0 Å². The summed E-state index contributed by atoms with van der Waals surface area (Å²) in [5.74, 6) is 0.739. The highest BCUT2D eigenvalue weighted by Gasteiger charge is 2.16. The van der Waals surface area contributed by atoms with Crippen LogP contribution in [0.3, 0.4) is 0 Å². The molecule has 0 saturated heterocycles. The van der Waals surface area contributed by atoms with E-state index in [-0.39, 0.29) is 17.4 Å². The minimum absolute atomic E-state index is 0.139. The number of sulfonamides is 1. The fraction of sp³-hybridized carbons (Fsp3) is 0.538. The summed E-state index contributed by atoms with van der Waals surface area (Å²) in [4.78, 5) is 0.139. The largest absolute Gasteiger partial charge is 0.494 e. The molecule has 0 aliphatic heterocycles. The molecule has 1 rings (SSSR count). The van der Waals surface area contributed by atoms with E-state index in [2.05, 4.69) is 4.72 Å². The van der Waals surface area contributed by atoms with Crippen molar-refractivity contribution >= 4 is 10.0 Å². The molecule has 0 aliphatic rings. The maximum absolute atomic E-state index is 12.0. The Hall–Kier alpha value is -1.11. The summed E-state index contributed by atoms with van der Waals surface area (Å²) in [5.41, 5.74) is 0.467. The van der Waals surface area contributed by atoms with Crippen LogP contribution in [0, 0.1) is 5.92 Å². The average molecular weight is 287 g/mol. The minimum atomic E-state index is -3.54. The summed E-state index contributed by atoms with van der Waals surface area (Å²) in [6.45, 7) is 6.27. The smallest absolute Gasteiger partial charge is 0.240 e. The van der Waals surface area contributed by atoms with Crippen molar-refractivity contribution in [2.45, 2.75) is 32.3 Å². The molecule has 5 nitrogen and oxygen atoms in total. The Morgan fingerprint density at radius 1 is 1.37 bits per heavy atom. The highest BCUT2D eigenvalue weighted by atomic mass is 32.2. The van der Waals surface area contributed by atoms with Gasteiger partial charge in [-0.25, -0.2) is 13.1 Å². The van der Waals surface area contributed by atoms with Gasteiger partial charge < -0.3 is 9.84 Å². The van der Waals surface area contributed by atoms with Gasteiger partial charge in [-0.3, -0.25) is 0 Å². The van der Waals surface area contributed by atoms with Crippen LogP contribution < -0.4 is 9.46 Å². The van der Waals surface area contributed by atoms with Gasteiger partial charge in [0.15, 0.2) is 0 Å². The molecule has 0 unspecified atom stereocenters. The van der Waals surface area contributed by atoms with Crippen molar-refractivity contribution in [2.24, 2.45) is 5.92 Å². The van der Waals surface area contributed by atoms with Gasteiger partial charge in [-0.15, -0.1) is 0 Å². The lowest BCUT2D eigenvalue weighted by Gasteiger charge is -2.12. The zero-order valence-electron chi connectivity index (χ0n) is 11.5. The molecular formula is C13H21NO4S. The lowest BCUT2D eigenvalue weighted by Crippen LogP contribution is -2.27. The van der Waals surface area contributed by atoms with Gasteiger partial charge in [0.05, 0.1) is 18.1 Å². The van der Waals surface area contributed by atoms with Gasteiger partial charge in [0.2, 0.25) is 10.0 Å². The van der Waals surface area contributed by atoms with Crippen LogP contribution in [0.2, 0.25) is 0 Å². The van der Waals surface area contributed by atoms with Crippen LogP contribution in [0.5, 0.6) is 5.75 Å². The third-order valence-electron chi connectivity index (χ3n) is 2.49. The van der Waals surface area contributed by atoms with Crippen LogP contribution in [-0.2, 0) is 16.6 Å². The van der Waals surface area contributed by atoms with E-state index in [1.54, 1.807) is 6.07 Å². The standard InChI is InChI=1S/C13H21NO4S/c1-4-18-13-6-5-12(7-11(13)9-15)19(16,17)14-8-10(2)3/h5-7,10,14-15H,4,8-9H2,1-3H3. The third-order valence-corrected chi connectivity index (χ3v) is 3.92. The molecule has 0 spiro atoms. The van der Waals surface area contributed by atoms with E-state index in [1.807, 2.05) is 20.8 Å². The Morgan fingerprint density at radius 2 is 2.05 bits per heavy atom. The first kappa shape index (κ1) is 15.9. The second-order valence-corrected chi connectivity index (χ2v) is 6.37. The van der Waals surface area contributed by atoms with Crippen molar-refractivity contribution in [3.05, 3.63) is 23.8 Å². The van der Waals surface area contributed by atoms with Gasteiger partial charge in [0.1, 0.15) is 5.75 Å². The first-order chi connectivity index (χ1) is 8.90. The first-order valence-electron chi connectivity index (χ1n) is 6.27. The van der Waals surface area contributed by atoms with E-state index in [9.17, 15) is 13.5 Å². The Labute approximate surface area is 114 Å². The second kappa shape index (κ2) is 6.88. The Kier molecular flexibility index (Phi) is 5.78. The fourth-order valence-electron chi connectivity index (χ4n) is 1.50. The normalized spacial score (nSPS) is 11.8. The minimum Gasteiger partial charge on any atom is -0.494 e. The average Bonchev–Trinajstić information content (AvgIpc) is 2.37. The summed E-state index contributed by atoms with van der Waals surface area (Å²) in [6.07, 6.45) is 0. The Morgan fingerprint density at radius 3 is 2.58 bits per heavy atom. The van der Waals surface area contributed by atoms with E-state index in [0.717, 1.165) is 0 Å². The van der Waals surface area contributed by atoms with Crippen molar-refractivity contribution in [3.8, 4) is 5.75 Å². The van der Waals surface area contributed by atoms with Crippen molar-refractivity contribution < 1.29 is 18.3 Å². The fourth-order valence-corrected chi connectivity index (χ4v) is 2.77. The molecule has 0 aromatic heterocycles. The van der Waals surface area contributed by atoms with Crippen LogP contribution in [-0.4, -0.2) is 26.7 Å². The molecule has 0 saturated carbocycles. The van der Waals surface area contributed by atoms with Crippen LogP contribution >= 0.6 is 0 Å². The lowest BCUT2D eigenvalue weighted by molar-refractivity contribution is 0.266. The van der Waals surface area contributed by atoms with Gasteiger partial charge >= 0.3 is 0 Å². The molecule has 0 aliphatic carbocycles. The molecule has 0 radical (unpaired) electrons. The molecule has 6 heteroatoms. The van der Waals surface area contributed by atoms with Crippen LogP contribution in [0.4, 0.5) is 0 Å². The zero-order valence-corrected chi connectivity index (χ0v) is 12.3. The molecule has 1 aromatic rings. The molecule has 2 N–H and O–H groups in total. The number of hydrogen-bond acceptors (Lipinski definition) is 4. The SMILES string of the molecule is CCOc1ccc(S(=O)(=O)NCC(C)C)cc1CO. The lowest BCUT2D eigenvalue weighted by atomic mass is 10.2. The first-order valence-corrected chi connectivity index (χ1v) is 7.75. The number of hydrogen-bond donors (Lipinski definition) is 2. The van der Waals surface area contributed by atoms with E-state index in [1.165, 1.54) is 12.1 Å². The molecule has 108 valence electrons. The summed E-state index contributed by atoms with van der Waals surface area (Å²) >= 11 is 0.